The van der Waals surface area contributed by atoms with Crippen LogP contribution in [0, 0.1) is 0 Å². The maximum atomic E-state index is 12.7. The summed E-state index contributed by atoms with van der Waals surface area (Å²) < 4.78 is 11.4. The fourth-order valence-corrected chi connectivity index (χ4v) is 7.12. The van der Waals surface area contributed by atoms with Crippen molar-refractivity contribution in [2.24, 2.45) is 0 Å². The van der Waals surface area contributed by atoms with Crippen molar-refractivity contribution in [2.75, 3.05) is 32.8 Å². The van der Waals surface area contributed by atoms with Crippen LogP contribution < -0.4 is 0 Å². The summed E-state index contributed by atoms with van der Waals surface area (Å²) in [5.41, 5.74) is 0. The Morgan fingerprint density at radius 2 is 0.906 bits per heavy atom. The molecule has 3 N–H and O–H groups in total. The van der Waals surface area contributed by atoms with E-state index in [1.165, 1.54) is 109 Å². The molecule has 8 heteroatoms. The molecular formula is C45H89NO7. The molecule has 0 aromatic carbocycles. The number of hydrogen-bond acceptors (Lipinski definition) is 8. The first-order chi connectivity index (χ1) is 25.9. The number of ether oxygens (including phenoxy) is 2. The Bertz CT molecular complexity index is 766. The monoisotopic (exact) mass is 756 g/mol. The maximum absolute atomic E-state index is 12.7. The minimum Gasteiger partial charge on any atom is -0.466 e. The summed E-state index contributed by atoms with van der Waals surface area (Å²) >= 11 is 0. The van der Waals surface area contributed by atoms with Crippen LogP contribution in [0.25, 0.3) is 0 Å². The molecule has 53 heavy (non-hydrogen) atoms. The SMILES string of the molecule is CCCCCCCCCCCOC(=O)CCCC(O)CN(CCCO)CC(O)CCCCCC(=O)OC(CCCCCCCC)CCCCCCCC. The molecule has 0 amide bonds. The molecule has 0 fully saturated rings. The first-order valence-corrected chi connectivity index (χ1v) is 22.9. The molecule has 2 atom stereocenters. The minimum absolute atomic E-state index is 0.0464. The second kappa shape index (κ2) is 40.4. The van der Waals surface area contributed by atoms with E-state index in [4.69, 9.17) is 9.47 Å². The third-order valence-electron chi connectivity index (χ3n) is 10.5. The summed E-state index contributed by atoms with van der Waals surface area (Å²) in [4.78, 5) is 26.9. The van der Waals surface area contributed by atoms with Crippen LogP contribution in [0.15, 0.2) is 0 Å². The number of carbonyl (C=O) groups excluding carboxylic acids is 2. The van der Waals surface area contributed by atoms with Gasteiger partial charge in [-0.25, -0.2) is 0 Å². The Kier molecular flexibility index (Phi) is 39.5. The molecule has 316 valence electrons. The van der Waals surface area contributed by atoms with Gasteiger partial charge in [-0.3, -0.25) is 14.5 Å². The number of aliphatic hydroxyl groups excluding tert-OH is 3. The number of nitrogens with zero attached hydrogens (tertiary/aromatic N) is 1. The number of hydrogen-bond donors (Lipinski definition) is 3. The van der Waals surface area contributed by atoms with Gasteiger partial charge in [0.25, 0.3) is 0 Å². The molecule has 0 rings (SSSR count). The molecule has 2 unspecified atom stereocenters. The zero-order chi connectivity index (χ0) is 39.0. The van der Waals surface area contributed by atoms with Crippen LogP contribution in [-0.2, 0) is 19.1 Å². The lowest BCUT2D eigenvalue weighted by molar-refractivity contribution is -0.150. The van der Waals surface area contributed by atoms with Gasteiger partial charge < -0.3 is 24.8 Å². The Hall–Kier alpha value is -1.22. The summed E-state index contributed by atoms with van der Waals surface area (Å²) in [5, 5.41) is 30.8. The van der Waals surface area contributed by atoms with Crippen LogP contribution in [0.5, 0.6) is 0 Å². The summed E-state index contributed by atoms with van der Waals surface area (Å²) in [5.74, 6) is -0.275. The highest BCUT2D eigenvalue weighted by molar-refractivity contribution is 5.69. The zero-order valence-corrected chi connectivity index (χ0v) is 35.3. The zero-order valence-electron chi connectivity index (χ0n) is 35.3. The van der Waals surface area contributed by atoms with Gasteiger partial charge in [-0.05, 0) is 64.2 Å². The van der Waals surface area contributed by atoms with E-state index in [9.17, 15) is 24.9 Å². The van der Waals surface area contributed by atoms with Gasteiger partial charge in [0, 0.05) is 39.1 Å². The summed E-state index contributed by atoms with van der Waals surface area (Å²) in [7, 11) is 0. The van der Waals surface area contributed by atoms with Gasteiger partial charge in [0.05, 0.1) is 18.8 Å². The Balaban J connectivity index is 4.28. The second-order valence-corrected chi connectivity index (χ2v) is 15.9. The van der Waals surface area contributed by atoms with Crippen molar-refractivity contribution in [1.82, 2.24) is 4.90 Å². The van der Waals surface area contributed by atoms with Crippen molar-refractivity contribution in [3.63, 3.8) is 0 Å². The van der Waals surface area contributed by atoms with Crippen LogP contribution in [0.3, 0.4) is 0 Å². The summed E-state index contributed by atoms with van der Waals surface area (Å²) in [6.07, 6.45) is 32.3. The predicted molar refractivity (Wildman–Crippen MR) is 221 cm³/mol. The van der Waals surface area contributed by atoms with E-state index in [1.807, 2.05) is 4.90 Å². The molecule has 0 aromatic heterocycles. The number of aliphatic hydroxyl groups is 3. The van der Waals surface area contributed by atoms with Crippen molar-refractivity contribution in [1.29, 1.82) is 0 Å². The van der Waals surface area contributed by atoms with E-state index in [0.717, 1.165) is 57.8 Å². The van der Waals surface area contributed by atoms with Crippen molar-refractivity contribution in [3.05, 3.63) is 0 Å². The molecule has 0 spiro atoms. The fraction of sp³-hybridized carbons (Fsp3) is 0.956. The molecule has 8 nitrogen and oxygen atoms in total. The second-order valence-electron chi connectivity index (χ2n) is 15.9. The van der Waals surface area contributed by atoms with Crippen molar-refractivity contribution < 1.29 is 34.4 Å². The maximum Gasteiger partial charge on any atom is 0.306 e. The Morgan fingerprint density at radius 3 is 1.42 bits per heavy atom. The van der Waals surface area contributed by atoms with Crippen molar-refractivity contribution >= 4 is 11.9 Å². The summed E-state index contributed by atoms with van der Waals surface area (Å²) in [6, 6.07) is 0. The minimum atomic E-state index is -0.608. The molecule has 0 saturated carbocycles. The Morgan fingerprint density at radius 1 is 0.491 bits per heavy atom. The van der Waals surface area contributed by atoms with Gasteiger partial charge in [0.15, 0.2) is 0 Å². The van der Waals surface area contributed by atoms with Crippen LogP contribution >= 0.6 is 0 Å². The first-order valence-electron chi connectivity index (χ1n) is 22.9. The molecule has 0 radical (unpaired) electrons. The average Bonchev–Trinajstić information content (AvgIpc) is 3.13. The highest BCUT2D eigenvalue weighted by Crippen LogP contribution is 2.19. The normalized spacial score (nSPS) is 12.8. The number of unbranched alkanes of at least 4 members (excludes halogenated alkanes) is 20. The van der Waals surface area contributed by atoms with Gasteiger partial charge in [-0.2, -0.15) is 0 Å². The fourth-order valence-electron chi connectivity index (χ4n) is 7.12. The number of esters is 2. The molecular weight excluding hydrogens is 666 g/mol. The molecule has 0 bridgehead atoms. The van der Waals surface area contributed by atoms with Gasteiger partial charge in [0.2, 0.25) is 0 Å². The van der Waals surface area contributed by atoms with Gasteiger partial charge in [-0.15, -0.1) is 0 Å². The lowest BCUT2D eigenvalue weighted by Gasteiger charge is -2.27. The standard InChI is InChI=1S/C45H89NO7/c1-4-7-10-13-16-17-18-21-27-38-52-44(50)35-28-31-42(49)40-46(36-29-37-47)39-41(48)30-23-22-26-34-45(51)53-43(32-24-19-14-11-8-5-2)33-25-20-15-12-9-6-3/h41-43,47-49H,4-40H2,1-3H3. The van der Waals surface area contributed by atoms with Crippen LogP contribution in [0.1, 0.15) is 226 Å². The molecule has 0 heterocycles. The Labute approximate surface area is 327 Å². The van der Waals surface area contributed by atoms with Gasteiger partial charge in [-0.1, -0.05) is 149 Å². The highest BCUT2D eigenvalue weighted by atomic mass is 16.5. The largest absolute Gasteiger partial charge is 0.466 e. The van der Waals surface area contributed by atoms with Crippen molar-refractivity contribution in [3.8, 4) is 0 Å². The van der Waals surface area contributed by atoms with Gasteiger partial charge >= 0.3 is 11.9 Å². The molecule has 0 aromatic rings. The lowest BCUT2D eigenvalue weighted by atomic mass is 10.0. The molecule has 0 aliphatic rings. The quantitative estimate of drug-likeness (QED) is 0.0416. The number of rotatable bonds is 42. The molecule has 0 saturated heterocycles. The number of carbonyl (C=O) groups is 2. The summed E-state index contributed by atoms with van der Waals surface area (Å²) in [6.45, 7) is 8.68. The average molecular weight is 756 g/mol. The van der Waals surface area contributed by atoms with E-state index in [0.29, 0.717) is 64.8 Å². The van der Waals surface area contributed by atoms with E-state index >= 15 is 0 Å². The topological polar surface area (TPSA) is 117 Å². The smallest absolute Gasteiger partial charge is 0.306 e. The van der Waals surface area contributed by atoms with Gasteiger partial charge in [0.1, 0.15) is 6.10 Å². The lowest BCUT2D eigenvalue weighted by Crippen LogP contribution is -2.39. The van der Waals surface area contributed by atoms with Crippen LogP contribution in [0.4, 0.5) is 0 Å². The molecule has 0 aliphatic carbocycles. The third kappa shape index (κ3) is 37.5. The third-order valence-corrected chi connectivity index (χ3v) is 10.5. The van der Waals surface area contributed by atoms with Crippen molar-refractivity contribution in [2.45, 2.75) is 245 Å². The van der Waals surface area contributed by atoms with Crippen LogP contribution in [-0.4, -0.2) is 83.3 Å². The predicted octanol–water partition coefficient (Wildman–Crippen LogP) is 11.0. The van der Waals surface area contributed by atoms with E-state index in [2.05, 4.69) is 20.8 Å². The highest BCUT2D eigenvalue weighted by Gasteiger charge is 2.17. The van der Waals surface area contributed by atoms with E-state index < -0.39 is 12.2 Å². The first kappa shape index (κ1) is 51.8. The van der Waals surface area contributed by atoms with E-state index in [1.54, 1.807) is 0 Å². The van der Waals surface area contributed by atoms with Crippen LogP contribution in [0.2, 0.25) is 0 Å². The van der Waals surface area contributed by atoms with E-state index in [-0.39, 0.29) is 24.6 Å². The molecule has 0 aliphatic heterocycles.